The minimum Gasteiger partial charge on any atom is -0.497 e. The second kappa shape index (κ2) is 5.53. The molecule has 1 aromatic carbocycles. The van der Waals surface area contributed by atoms with Crippen molar-refractivity contribution in [3.63, 3.8) is 0 Å². The van der Waals surface area contributed by atoms with Crippen LogP contribution in [-0.4, -0.2) is 22.9 Å². The molecular weight excluding hydrogens is 254 g/mol. The van der Waals surface area contributed by atoms with Crippen molar-refractivity contribution in [3.8, 4) is 17.5 Å². The first kappa shape index (κ1) is 13.7. The number of nitrogens with zero attached hydrogens (tertiary/aromatic N) is 3. The zero-order chi connectivity index (χ0) is 14.7. The molecular formula is C14H17N5O. The van der Waals surface area contributed by atoms with Gasteiger partial charge in [0.1, 0.15) is 23.2 Å². The quantitative estimate of drug-likeness (QED) is 0.889. The molecule has 0 aliphatic rings. The van der Waals surface area contributed by atoms with Crippen LogP contribution in [0.2, 0.25) is 0 Å². The molecule has 0 aliphatic heterocycles. The third-order valence-electron chi connectivity index (χ3n) is 2.78. The average molecular weight is 271 g/mol. The fourth-order valence-electron chi connectivity index (χ4n) is 1.84. The maximum absolute atomic E-state index is 9.21. The van der Waals surface area contributed by atoms with Crippen LogP contribution in [0, 0.1) is 11.3 Å². The van der Waals surface area contributed by atoms with Gasteiger partial charge in [0.15, 0.2) is 5.82 Å². The number of nitrogens with one attached hydrogen (secondary N) is 1. The minimum atomic E-state index is 0.167. The number of methoxy groups -OCH3 is 1. The predicted molar refractivity (Wildman–Crippen MR) is 78.0 cm³/mol. The molecule has 0 radical (unpaired) electrons. The smallest absolute Gasteiger partial charge is 0.168 e. The Labute approximate surface area is 117 Å². The zero-order valence-corrected chi connectivity index (χ0v) is 11.7. The number of rotatable bonds is 4. The Morgan fingerprint density at radius 2 is 2.00 bits per heavy atom. The summed E-state index contributed by atoms with van der Waals surface area (Å²) in [5.41, 5.74) is 7.13. The van der Waals surface area contributed by atoms with E-state index in [0.717, 1.165) is 11.4 Å². The fraction of sp³-hybridized carbons (Fsp3) is 0.286. The maximum atomic E-state index is 9.21. The van der Waals surface area contributed by atoms with E-state index in [9.17, 15) is 5.26 Å². The van der Waals surface area contributed by atoms with E-state index < -0.39 is 0 Å². The molecule has 0 unspecified atom stereocenters. The highest BCUT2D eigenvalue weighted by molar-refractivity contribution is 5.66. The van der Waals surface area contributed by atoms with E-state index in [0.29, 0.717) is 17.2 Å². The van der Waals surface area contributed by atoms with Crippen LogP contribution in [0.1, 0.15) is 19.4 Å². The fourth-order valence-corrected chi connectivity index (χ4v) is 1.84. The summed E-state index contributed by atoms with van der Waals surface area (Å²) in [4.78, 5) is 0. The van der Waals surface area contributed by atoms with Crippen molar-refractivity contribution < 1.29 is 4.74 Å². The van der Waals surface area contributed by atoms with Crippen molar-refractivity contribution in [1.82, 2.24) is 9.78 Å². The highest BCUT2D eigenvalue weighted by Crippen LogP contribution is 2.25. The van der Waals surface area contributed by atoms with Gasteiger partial charge < -0.3 is 15.8 Å². The van der Waals surface area contributed by atoms with E-state index in [1.807, 2.05) is 38.1 Å². The minimum absolute atomic E-state index is 0.167. The van der Waals surface area contributed by atoms with Gasteiger partial charge in [-0.1, -0.05) is 0 Å². The summed E-state index contributed by atoms with van der Waals surface area (Å²) < 4.78 is 6.66. The van der Waals surface area contributed by atoms with Gasteiger partial charge in [0.2, 0.25) is 0 Å². The van der Waals surface area contributed by atoms with Crippen molar-refractivity contribution in [2.45, 2.75) is 19.9 Å². The van der Waals surface area contributed by atoms with Gasteiger partial charge in [-0.15, -0.1) is 5.10 Å². The summed E-state index contributed by atoms with van der Waals surface area (Å²) in [6.45, 7) is 3.95. The van der Waals surface area contributed by atoms with Crippen LogP contribution in [0.15, 0.2) is 24.3 Å². The molecule has 0 atom stereocenters. The van der Waals surface area contributed by atoms with E-state index in [1.54, 1.807) is 11.8 Å². The zero-order valence-electron chi connectivity index (χ0n) is 11.7. The van der Waals surface area contributed by atoms with Gasteiger partial charge in [0.25, 0.3) is 0 Å². The van der Waals surface area contributed by atoms with Gasteiger partial charge >= 0.3 is 0 Å². The second-order valence-corrected chi connectivity index (χ2v) is 4.63. The molecule has 3 N–H and O–H groups in total. The highest BCUT2D eigenvalue weighted by Gasteiger charge is 2.17. The molecule has 6 heteroatoms. The number of nitriles is 1. The summed E-state index contributed by atoms with van der Waals surface area (Å²) in [6, 6.07) is 9.56. The van der Waals surface area contributed by atoms with E-state index in [4.69, 9.17) is 10.5 Å². The molecule has 0 fully saturated rings. The standard InChI is InChI=1S/C14H17N5O/c1-9(2)17-14-12(8-15)13(16)19(18-14)10-4-6-11(20-3)7-5-10/h4-7,9H,16H2,1-3H3,(H,17,18). The van der Waals surface area contributed by atoms with Gasteiger partial charge in [-0.05, 0) is 38.1 Å². The summed E-state index contributed by atoms with van der Waals surface area (Å²) in [6.07, 6.45) is 0. The Balaban J connectivity index is 2.46. The Morgan fingerprint density at radius 3 is 2.50 bits per heavy atom. The monoisotopic (exact) mass is 271 g/mol. The summed E-state index contributed by atoms with van der Waals surface area (Å²) in [5, 5.41) is 16.7. The lowest BCUT2D eigenvalue weighted by atomic mass is 10.3. The van der Waals surface area contributed by atoms with E-state index in [1.165, 1.54) is 0 Å². The largest absolute Gasteiger partial charge is 0.497 e. The molecule has 2 aromatic rings. The van der Waals surface area contributed by atoms with Crippen LogP contribution in [0.5, 0.6) is 5.75 Å². The van der Waals surface area contributed by atoms with E-state index in [2.05, 4.69) is 16.5 Å². The topological polar surface area (TPSA) is 88.9 Å². The number of anilines is 2. The first-order chi connectivity index (χ1) is 9.56. The van der Waals surface area contributed by atoms with E-state index in [-0.39, 0.29) is 6.04 Å². The highest BCUT2D eigenvalue weighted by atomic mass is 16.5. The van der Waals surface area contributed by atoms with Crippen LogP contribution < -0.4 is 15.8 Å². The van der Waals surface area contributed by atoms with Crippen LogP contribution in [0.25, 0.3) is 5.69 Å². The lowest BCUT2D eigenvalue weighted by molar-refractivity contribution is 0.414. The van der Waals surface area contributed by atoms with E-state index >= 15 is 0 Å². The maximum Gasteiger partial charge on any atom is 0.168 e. The van der Waals surface area contributed by atoms with Crippen LogP contribution >= 0.6 is 0 Å². The molecule has 1 heterocycles. The molecule has 6 nitrogen and oxygen atoms in total. The molecule has 20 heavy (non-hydrogen) atoms. The van der Waals surface area contributed by atoms with Crippen molar-refractivity contribution in [1.29, 1.82) is 5.26 Å². The Hall–Kier alpha value is -2.68. The third kappa shape index (κ3) is 2.52. The number of nitrogen functional groups attached to an aromatic ring is 1. The van der Waals surface area contributed by atoms with Gasteiger partial charge in [-0.3, -0.25) is 0 Å². The van der Waals surface area contributed by atoms with Crippen molar-refractivity contribution in [3.05, 3.63) is 29.8 Å². The van der Waals surface area contributed by atoms with Gasteiger partial charge in [0.05, 0.1) is 12.8 Å². The number of ether oxygens (including phenoxy) is 1. The van der Waals surface area contributed by atoms with Crippen LogP contribution in [0.4, 0.5) is 11.6 Å². The molecule has 0 saturated carbocycles. The number of hydrogen-bond acceptors (Lipinski definition) is 5. The second-order valence-electron chi connectivity index (χ2n) is 4.63. The predicted octanol–water partition coefficient (Wildman–Crippen LogP) is 2.16. The Bertz CT molecular complexity index is 637. The molecule has 2 rings (SSSR count). The first-order valence-electron chi connectivity index (χ1n) is 6.26. The lowest BCUT2D eigenvalue weighted by Gasteiger charge is -2.06. The van der Waals surface area contributed by atoms with Gasteiger partial charge in [0, 0.05) is 6.04 Å². The van der Waals surface area contributed by atoms with Crippen LogP contribution in [-0.2, 0) is 0 Å². The SMILES string of the molecule is COc1ccc(-n2nc(NC(C)C)c(C#N)c2N)cc1. The van der Waals surface area contributed by atoms with Crippen LogP contribution in [0.3, 0.4) is 0 Å². The molecule has 104 valence electrons. The molecule has 0 aliphatic carbocycles. The summed E-state index contributed by atoms with van der Waals surface area (Å²) >= 11 is 0. The number of aromatic nitrogens is 2. The summed E-state index contributed by atoms with van der Waals surface area (Å²) in [7, 11) is 1.61. The normalized spacial score (nSPS) is 10.3. The summed E-state index contributed by atoms with van der Waals surface area (Å²) in [5.74, 6) is 1.57. The lowest BCUT2D eigenvalue weighted by Crippen LogP contribution is -2.11. The molecule has 0 spiro atoms. The Kier molecular flexibility index (Phi) is 3.80. The van der Waals surface area contributed by atoms with Crippen molar-refractivity contribution in [2.75, 3.05) is 18.2 Å². The van der Waals surface area contributed by atoms with Gasteiger partial charge in [-0.25, -0.2) is 4.68 Å². The number of benzene rings is 1. The molecule has 0 saturated heterocycles. The van der Waals surface area contributed by atoms with Crippen molar-refractivity contribution >= 4 is 11.6 Å². The van der Waals surface area contributed by atoms with Crippen molar-refractivity contribution in [2.24, 2.45) is 0 Å². The molecule has 1 aromatic heterocycles. The van der Waals surface area contributed by atoms with Gasteiger partial charge in [-0.2, -0.15) is 5.26 Å². The molecule has 0 bridgehead atoms. The number of nitrogens with two attached hydrogens (primary N) is 1. The first-order valence-corrected chi connectivity index (χ1v) is 6.26. The third-order valence-corrected chi connectivity index (χ3v) is 2.78. The number of hydrogen-bond donors (Lipinski definition) is 2. The molecule has 0 amide bonds. The average Bonchev–Trinajstić information content (AvgIpc) is 2.74. The Morgan fingerprint density at radius 1 is 1.35 bits per heavy atom.